The first-order chi connectivity index (χ1) is 12.9. The minimum absolute atomic E-state index is 0.0461. The highest BCUT2D eigenvalue weighted by molar-refractivity contribution is 5.89. The number of anilines is 1. The molecule has 9 heteroatoms. The number of carboxylic acids is 1. The van der Waals surface area contributed by atoms with E-state index < -0.39 is 16.4 Å². The molecule has 27 heavy (non-hydrogen) atoms. The number of carbonyl (C=O) groups excluding carboxylic acids is 1. The van der Waals surface area contributed by atoms with E-state index in [-0.39, 0.29) is 11.7 Å². The van der Waals surface area contributed by atoms with Crippen molar-refractivity contribution in [2.45, 2.75) is 12.0 Å². The highest BCUT2D eigenvalue weighted by atomic mass is 16.6. The number of nitro benzene ring substituents is 1. The van der Waals surface area contributed by atoms with Gasteiger partial charge in [-0.2, -0.15) is 0 Å². The fraction of sp³-hybridized carbons (Fsp3) is 0.333. The van der Waals surface area contributed by atoms with E-state index in [1.54, 1.807) is 17.1 Å². The largest absolute Gasteiger partial charge is 0.480 e. The number of carboxylic acid groups (broad SMARTS) is 1. The van der Waals surface area contributed by atoms with E-state index in [2.05, 4.69) is 5.32 Å². The first-order valence-corrected chi connectivity index (χ1v) is 8.55. The van der Waals surface area contributed by atoms with Crippen LogP contribution in [-0.2, 0) is 4.79 Å². The number of non-ortho nitro benzene ring substituents is 1. The third-order valence-electron chi connectivity index (χ3n) is 4.88. The number of aliphatic carboxylic acids is 1. The van der Waals surface area contributed by atoms with Gasteiger partial charge in [0.15, 0.2) is 0 Å². The summed E-state index contributed by atoms with van der Waals surface area (Å²) in [5.41, 5.74) is -0.638. The molecular weight excluding hydrogens is 352 g/mol. The van der Waals surface area contributed by atoms with E-state index in [1.807, 2.05) is 17.1 Å². The zero-order chi connectivity index (χ0) is 19.4. The highest BCUT2D eigenvalue weighted by Crippen LogP contribution is 2.27. The number of allylic oxidation sites excluding steroid dienone is 2. The van der Waals surface area contributed by atoms with Crippen molar-refractivity contribution in [1.29, 1.82) is 0 Å². The molecule has 3 rings (SSSR count). The number of amides is 2. The Bertz CT molecular complexity index is 796. The minimum atomic E-state index is -1.06. The summed E-state index contributed by atoms with van der Waals surface area (Å²) in [5, 5.41) is 23.1. The number of hydrogen-bond donors (Lipinski definition) is 2. The van der Waals surface area contributed by atoms with Crippen LogP contribution in [0.5, 0.6) is 0 Å². The Kier molecular flexibility index (Phi) is 5.22. The number of benzene rings is 1. The Morgan fingerprint density at radius 3 is 2.30 bits per heavy atom. The molecule has 1 unspecified atom stereocenters. The van der Waals surface area contributed by atoms with Crippen LogP contribution in [0, 0.1) is 10.1 Å². The number of hydrogen-bond acceptors (Lipinski definition) is 5. The molecule has 1 fully saturated rings. The number of nitrogens with one attached hydrogen (secondary N) is 1. The molecule has 2 amide bonds. The second-order valence-electron chi connectivity index (χ2n) is 6.43. The van der Waals surface area contributed by atoms with E-state index in [0.29, 0.717) is 38.3 Å². The molecule has 1 aliphatic heterocycles. The second-order valence-corrected chi connectivity index (χ2v) is 6.43. The molecule has 1 saturated heterocycles. The van der Waals surface area contributed by atoms with Gasteiger partial charge in [-0.15, -0.1) is 0 Å². The van der Waals surface area contributed by atoms with Crippen molar-refractivity contribution in [3.8, 4) is 0 Å². The van der Waals surface area contributed by atoms with Crippen molar-refractivity contribution in [3.05, 3.63) is 58.7 Å². The van der Waals surface area contributed by atoms with Gasteiger partial charge < -0.3 is 15.3 Å². The normalized spacial score (nSPS) is 22.4. The Morgan fingerprint density at radius 1 is 1.11 bits per heavy atom. The fourth-order valence-electron chi connectivity index (χ4n) is 3.32. The summed E-state index contributed by atoms with van der Waals surface area (Å²) in [5.74, 6) is -0.896. The molecule has 0 saturated carbocycles. The van der Waals surface area contributed by atoms with Crippen LogP contribution in [0.15, 0.2) is 48.6 Å². The van der Waals surface area contributed by atoms with Gasteiger partial charge in [0.2, 0.25) is 0 Å². The molecule has 2 aliphatic rings. The Balaban J connectivity index is 1.59. The first-order valence-electron chi connectivity index (χ1n) is 8.55. The van der Waals surface area contributed by atoms with Crippen molar-refractivity contribution < 1.29 is 19.6 Å². The van der Waals surface area contributed by atoms with Gasteiger partial charge in [0.25, 0.3) is 5.69 Å². The summed E-state index contributed by atoms with van der Waals surface area (Å²) >= 11 is 0. The van der Waals surface area contributed by atoms with Crippen LogP contribution in [0.2, 0.25) is 0 Å². The summed E-state index contributed by atoms with van der Waals surface area (Å²) < 4.78 is 0. The molecule has 1 heterocycles. The highest BCUT2D eigenvalue weighted by Gasteiger charge is 2.43. The third-order valence-corrected chi connectivity index (χ3v) is 4.88. The zero-order valence-corrected chi connectivity index (χ0v) is 14.6. The maximum atomic E-state index is 12.4. The number of urea groups is 1. The maximum Gasteiger partial charge on any atom is 0.328 e. The maximum absolute atomic E-state index is 12.4. The van der Waals surface area contributed by atoms with Gasteiger partial charge >= 0.3 is 12.0 Å². The lowest BCUT2D eigenvalue weighted by molar-refractivity contribution is -0.384. The van der Waals surface area contributed by atoms with Crippen LogP contribution in [0.1, 0.15) is 6.42 Å². The summed E-state index contributed by atoms with van der Waals surface area (Å²) in [4.78, 5) is 37.9. The second kappa shape index (κ2) is 7.58. The third kappa shape index (κ3) is 3.82. The lowest BCUT2D eigenvalue weighted by Crippen LogP contribution is -2.61. The first kappa shape index (κ1) is 18.6. The van der Waals surface area contributed by atoms with Crippen molar-refractivity contribution in [3.63, 3.8) is 0 Å². The quantitative estimate of drug-likeness (QED) is 0.617. The lowest BCUT2D eigenvalue weighted by Gasteiger charge is -2.44. The molecule has 2 N–H and O–H groups in total. The number of carbonyl (C=O) groups is 2. The van der Waals surface area contributed by atoms with E-state index in [0.717, 1.165) is 0 Å². The van der Waals surface area contributed by atoms with E-state index >= 15 is 0 Å². The van der Waals surface area contributed by atoms with Crippen LogP contribution < -0.4 is 5.32 Å². The van der Waals surface area contributed by atoms with Crippen LogP contribution in [0.4, 0.5) is 16.2 Å². The average Bonchev–Trinajstić information content (AvgIpc) is 2.69. The molecule has 1 atom stereocenters. The van der Waals surface area contributed by atoms with Crippen molar-refractivity contribution in [2.24, 2.45) is 0 Å². The number of piperazine rings is 1. The monoisotopic (exact) mass is 372 g/mol. The predicted octanol–water partition coefficient (Wildman–Crippen LogP) is 2.08. The number of nitro groups is 1. The lowest BCUT2D eigenvalue weighted by atomic mass is 9.88. The Labute approximate surface area is 155 Å². The molecule has 0 aromatic heterocycles. The minimum Gasteiger partial charge on any atom is -0.480 e. The molecule has 1 aromatic carbocycles. The summed E-state index contributed by atoms with van der Waals surface area (Å²) in [6.45, 7) is 1.67. The summed E-state index contributed by atoms with van der Waals surface area (Å²) in [6, 6.07) is 5.29. The summed E-state index contributed by atoms with van der Waals surface area (Å²) in [7, 11) is 0. The molecule has 1 aromatic rings. The molecule has 0 radical (unpaired) electrons. The van der Waals surface area contributed by atoms with E-state index in [4.69, 9.17) is 0 Å². The molecule has 0 spiro atoms. The molecular formula is C18H20N4O5. The van der Waals surface area contributed by atoms with Gasteiger partial charge in [0.1, 0.15) is 5.54 Å². The van der Waals surface area contributed by atoms with Gasteiger partial charge in [-0.25, -0.2) is 9.59 Å². The molecule has 9 nitrogen and oxygen atoms in total. The van der Waals surface area contributed by atoms with Gasteiger partial charge in [0, 0.05) is 44.0 Å². The van der Waals surface area contributed by atoms with Crippen LogP contribution in [-0.4, -0.2) is 63.5 Å². The van der Waals surface area contributed by atoms with Crippen molar-refractivity contribution >= 4 is 23.4 Å². The Hall–Kier alpha value is -3.20. The Morgan fingerprint density at radius 2 is 1.78 bits per heavy atom. The molecule has 142 valence electrons. The summed E-state index contributed by atoms with van der Waals surface area (Å²) in [6.07, 6.45) is 7.50. The average molecular weight is 372 g/mol. The smallest absolute Gasteiger partial charge is 0.328 e. The zero-order valence-electron chi connectivity index (χ0n) is 14.6. The van der Waals surface area contributed by atoms with Gasteiger partial charge in [-0.1, -0.05) is 24.3 Å². The standard InChI is InChI=1S/C18H20N4O5/c23-16(24)18(8-2-1-3-9-18)21-12-10-20(11-13-21)17(25)19-14-4-6-15(7-5-14)22(26)27/h1-8H,9-13H2,(H,19,25)(H,23,24). The number of rotatable bonds is 4. The number of nitrogens with zero attached hydrogens (tertiary/aromatic N) is 3. The van der Waals surface area contributed by atoms with Gasteiger partial charge in [0.05, 0.1) is 4.92 Å². The fourth-order valence-corrected chi connectivity index (χ4v) is 3.32. The van der Waals surface area contributed by atoms with Gasteiger partial charge in [-0.05, 0) is 18.6 Å². The predicted molar refractivity (Wildman–Crippen MR) is 98.5 cm³/mol. The van der Waals surface area contributed by atoms with Crippen molar-refractivity contribution in [1.82, 2.24) is 9.80 Å². The van der Waals surface area contributed by atoms with Crippen LogP contribution >= 0.6 is 0 Å². The van der Waals surface area contributed by atoms with Gasteiger partial charge in [-0.3, -0.25) is 15.0 Å². The van der Waals surface area contributed by atoms with E-state index in [1.165, 1.54) is 24.3 Å². The van der Waals surface area contributed by atoms with E-state index in [9.17, 15) is 24.8 Å². The van der Waals surface area contributed by atoms with Crippen LogP contribution in [0.25, 0.3) is 0 Å². The topological polar surface area (TPSA) is 116 Å². The van der Waals surface area contributed by atoms with Crippen molar-refractivity contribution in [2.75, 3.05) is 31.5 Å². The SMILES string of the molecule is O=C(Nc1ccc([N+](=O)[O-])cc1)N1CCN(C2(C(=O)O)C=CC=CC2)CC1. The molecule has 1 aliphatic carbocycles. The molecule has 0 bridgehead atoms. The van der Waals surface area contributed by atoms with Crippen LogP contribution in [0.3, 0.4) is 0 Å².